The Hall–Kier alpha value is -3.40. The topological polar surface area (TPSA) is 134 Å². The Morgan fingerprint density at radius 1 is 1.14 bits per heavy atom. The van der Waals surface area contributed by atoms with Crippen molar-refractivity contribution in [3.05, 3.63) is 64.6 Å². The van der Waals surface area contributed by atoms with Gasteiger partial charge in [-0.3, -0.25) is 19.0 Å². The zero-order valence-corrected chi connectivity index (χ0v) is 15.7. The van der Waals surface area contributed by atoms with Crippen LogP contribution in [0.2, 0.25) is 0 Å². The summed E-state index contributed by atoms with van der Waals surface area (Å²) in [5.41, 5.74) is 1.64. The monoisotopic (exact) mass is 402 g/mol. The third-order valence-electron chi connectivity index (χ3n) is 3.71. The first kappa shape index (κ1) is 19.4. The van der Waals surface area contributed by atoms with Crippen molar-refractivity contribution in [3.8, 4) is 11.4 Å². The van der Waals surface area contributed by atoms with Crippen LogP contribution < -0.4 is 15.8 Å². The van der Waals surface area contributed by atoms with Gasteiger partial charge < -0.3 is 5.32 Å². The minimum Gasteiger partial charge on any atom is -0.322 e. The quantitative estimate of drug-likeness (QED) is 0.556. The number of benzene rings is 2. The van der Waals surface area contributed by atoms with Crippen LogP contribution >= 0.6 is 0 Å². The van der Waals surface area contributed by atoms with E-state index in [-0.39, 0.29) is 17.1 Å². The van der Waals surface area contributed by atoms with Gasteiger partial charge in [-0.1, -0.05) is 30.3 Å². The van der Waals surface area contributed by atoms with Crippen molar-refractivity contribution in [1.29, 1.82) is 0 Å². The van der Waals surface area contributed by atoms with Crippen LogP contribution in [0.15, 0.2) is 57.8 Å². The van der Waals surface area contributed by atoms with Gasteiger partial charge in [0.25, 0.3) is 5.91 Å². The van der Waals surface area contributed by atoms with Gasteiger partial charge in [-0.25, -0.2) is 13.2 Å². The molecule has 9 nitrogen and oxygen atoms in total. The summed E-state index contributed by atoms with van der Waals surface area (Å²) in [6, 6.07) is 12.9. The molecule has 0 radical (unpaired) electrons. The molecule has 0 atom stereocenters. The van der Waals surface area contributed by atoms with E-state index >= 15 is 0 Å². The minimum atomic E-state index is -3.45. The lowest BCUT2D eigenvalue weighted by Crippen LogP contribution is -2.17. The molecule has 0 aliphatic rings. The lowest BCUT2D eigenvalue weighted by molar-refractivity contribution is 0.102. The predicted octanol–water partition coefficient (Wildman–Crippen LogP) is 2.43. The summed E-state index contributed by atoms with van der Waals surface area (Å²) in [5, 5.41) is 6.33. The largest absolute Gasteiger partial charge is 0.439 e. The predicted molar refractivity (Wildman–Crippen MR) is 105 cm³/mol. The van der Waals surface area contributed by atoms with Gasteiger partial charge in [0.2, 0.25) is 10.0 Å². The number of carbonyl (C=O) groups excluding carboxylic acids is 1. The lowest BCUT2D eigenvalue weighted by atomic mass is 10.1. The fraction of sp³-hybridized carbons (Fsp3) is 0.167. The number of aromatic nitrogens is 2. The molecule has 0 aliphatic heterocycles. The van der Waals surface area contributed by atoms with Gasteiger partial charge in [0.15, 0.2) is 5.82 Å². The van der Waals surface area contributed by atoms with Gasteiger partial charge in [-0.2, -0.15) is 0 Å². The smallest absolute Gasteiger partial charge is 0.322 e. The third kappa shape index (κ3) is 4.86. The number of H-pyrrole nitrogens is 1. The van der Waals surface area contributed by atoms with Crippen molar-refractivity contribution in [2.75, 3.05) is 15.8 Å². The molecule has 1 amide bonds. The van der Waals surface area contributed by atoms with E-state index in [0.29, 0.717) is 23.4 Å². The third-order valence-corrected chi connectivity index (χ3v) is 5.20. The normalized spacial score (nSPS) is 11.2. The van der Waals surface area contributed by atoms with Gasteiger partial charge in [0, 0.05) is 22.5 Å². The summed E-state index contributed by atoms with van der Waals surface area (Å²) in [4.78, 5) is 26.0. The first-order valence-electron chi connectivity index (χ1n) is 8.44. The number of anilines is 2. The van der Waals surface area contributed by atoms with Crippen LogP contribution in [-0.2, 0) is 10.0 Å². The number of hydrogen-bond acceptors (Lipinski definition) is 6. The van der Waals surface area contributed by atoms with Gasteiger partial charge in [0.1, 0.15) is 0 Å². The molecule has 0 spiro atoms. The number of nitrogens with one attached hydrogen (secondary N) is 3. The van der Waals surface area contributed by atoms with E-state index in [1.54, 1.807) is 49.4 Å². The molecule has 0 saturated heterocycles. The Morgan fingerprint density at radius 3 is 2.61 bits per heavy atom. The Labute approximate surface area is 160 Å². The van der Waals surface area contributed by atoms with E-state index in [9.17, 15) is 18.0 Å². The summed E-state index contributed by atoms with van der Waals surface area (Å²) in [7, 11) is -3.45. The van der Waals surface area contributed by atoms with E-state index in [1.807, 2.05) is 0 Å². The highest BCUT2D eigenvalue weighted by atomic mass is 32.2. The lowest BCUT2D eigenvalue weighted by Gasteiger charge is -2.10. The summed E-state index contributed by atoms with van der Waals surface area (Å²) in [6.45, 7) is 1.77. The molecule has 10 heteroatoms. The number of carbonyl (C=O) groups is 1. The minimum absolute atomic E-state index is 0.000353. The average Bonchev–Trinajstić information content (AvgIpc) is 3.08. The maximum Gasteiger partial charge on any atom is 0.439 e. The molecule has 0 bridgehead atoms. The highest BCUT2D eigenvalue weighted by molar-refractivity contribution is 7.92. The summed E-state index contributed by atoms with van der Waals surface area (Å²) >= 11 is 0. The van der Waals surface area contributed by atoms with Crippen molar-refractivity contribution in [3.63, 3.8) is 0 Å². The van der Waals surface area contributed by atoms with Gasteiger partial charge >= 0.3 is 5.76 Å². The summed E-state index contributed by atoms with van der Waals surface area (Å²) in [5.74, 6) is -0.845. The molecule has 3 N–H and O–H groups in total. The maximum absolute atomic E-state index is 12.5. The number of hydrogen-bond donors (Lipinski definition) is 3. The number of aromatic amines is 1. The molecule has 0 fully saturated rings. The molecule has 146 valence electrons. The Kier molecular flexibility index (Phi) is 5.59. The molecule has 3 rings (SSSR count). The van der Waals surface area contributed by atoms with Crippen LogP contribution in [0.5, 0.6) is 0 Å². The highest BCUT2D eigenvalue weighted by Crippen LogP contribution is 2.20. The fourth-order valence-corrected chi connectivity index (χ4v) is 3.65. The van der Waals surface area contributed by atoms with E-state index < -0.39 is 21.7 Å². The molecule has 1 aromatic heterocycles. The van der Waals surface area contributed by atoms with Crippen LogP contribution in [-0.4, -0.2) is 30.2 Å². The summed E-state index contributed by atoms with van der Waals surface area (Å²) in [6.07, 6.45) is 0.489. The second kappa shape index (κ2) is 8.09. The summed E-state index contributed by atoms with van der Waals surface area (Å²) < 4.78 is 30.7. The van der Waals surface area contributed by atoms with E-state index in [2.05, 4.69) is 24.7 Å². The van der Waals surface area contributed by atoms with Crippen LogP contribution in [0.3, 0.4) is 0 Å². The number of nitrogens with zero attached hydrogens (tertiary/aromatic N) is 1. The van der Waals surface area contributed by atoms with Crippen molar-refractivity contribution >= 4 is 27.3 Å². The van der Waals surface area contributed by atoms with Gasteiger partial charge in [-0.05, 0) is 36.8 Å². The molecule has 0 saturated carbocycles. The van der Waals surface area contributed by atoms with Crippen molar-refractivity contribution in [2.45, 2.75) is 13.3 Å². The van der Waals surface area contributed by atoms with Gasteiger partial charge in [-0.15, -0.1) is 0 Å². The number of amides is 1. The van der Waals surface area contributed by atoms with E-state index in [0.717, 1.165) is 0 Å². The zero-order chi connectivity index (χ0) is 20.1. The van der Waals surface area contributed by atoms with Crippen LogP contribution in [0.25, 0.3) is 11.4 Å². The molecular weight excluding hydrogens is 384 g/mol. The number of sulfonamides is 1. The van der Waals surface area contributed by atoms with Crippen LogP contribution in [0.4, 0.5) is 11.4 Å². The molecule has 2 aromatic carbocycles. The maximum atomic E-state index is 12.5. The average molecular weight is 402 g/mol. The SMILES string of the molecule is CCCS(=O)(=O)Nc1cccc(C(=O)Nc2cccc(-c3noc(=O)[nH]3)c2)c1. The van der Waals surface area contributed by atoms with Crippen LogP contribution in [0, 0.1) is 0 Å². The van der Waals surface area contributed by atoms with E-state index in [4.69, 9.17) is 0 Å². The highest BCUT2D eigenvalue weighted by Gasteiger charge is 2.12. The molecule has 28 heavy (non-hydrogen) atoms. The Bertz CT molecular complexity index is 1150. The first-order chi connectivity index (χ1) is 13.4. The van der Waals surface area contributed by atoms with Crippen LogP contribution in [0.1, 0.15) is 23.7 Å². The molecule has 3 aromatic rings. The first-order valence-corrected chi connectivity index (χ1v) is 10.1. The van der Waals surface area contributed by atoms with Crippen molar-refractivity contribution < 1.29 is 17.7 Å². The molecule has 0 unspecified atom stereocenters. The molecular formula is C18H18N4O5S. The zero-order valence-electron chi connectivity index (χ0n) is 14.9. The molecule has 1 heterocycles. The number of rotatable bonds is 7. The van der Waals surface area contributed by atoms with Gasteiger partial charge in [0.05, 0.1) is 5.75 Å². The second-order valence-electron chi connectivity index (χ2n) is 5.98. The van der Waals surface area contributed by atoms with E-state index in [1.165, 1.54) is 6.07 Å². The Balaban J connectivity index is 1.77. The fourth-order valence-electron chi connectivity index (χ4n) is 2.53. The standard InChI is InChI=1S/C18H18N4O5S/c1-2-9-28(25,26)22-15-8-4-6-13(11-15)17(23)19-14-7-3-5-12(10-14)16-20-18(24)27-21-16/h3-8,10-11,22H,2,9H2,1H3,(H,19,23)(H,20,21,24). The van der Waals surface area contributed by atoms with Crippen molar-refractivity contribution in [2.24, 2.45) is 0 Å². The molecule has 0 aliphatic carbocycles. The van der Waals surface area contributed by atoms with Crippen molar-refractivity contribution in [1.82, 2.24) is 10.1 Å². The second-order valence-corrected chi connectivity index (χ2v) is 7.82. The Morgan fingerprint density at radius 2 is 1.89 bits per heavy atom.